The summed E-state index contributed by atoms with van der Waals surface area (Å²) in [5.41, 5.74) is 1.65. The zero-order valence-electron chi connectivity index (χ0n) is 18.3. The van der Waals surface area contributed by atoms with Crippen LogP contribution in [0.4, 0.5) is 4.39 Å². The maximum atomic E-state index is 13.4. The highest BCUT2D eigenvalue weighted by Crippen LogP contribution is 2.39. The Hall–Kier alpha value is -3.28. The highest BCUT2D eigenvalue weighted by molar-refractivity contribution is 5.87. The molecule has 0 bridgehead atoms. The van der Waals surface area contributed by atoms with Crippen molar-refractivity contribution in [2.75, 3.05) is 20.1 Å². The van der Waals surface area contributed by atoms with Crippen molar-refractivity contribution in [2.45, 2.75) is 50.6 Å². The zero-order chi connectivity index (χ0) is 22.8. The molecule has 8 nitrogen and oxygen atoms in total. The van der Waals surface area contributed by atoms with E-state index in [4.69, 9.17) is 0 Å². The number of nitriles is 1. The van der Waals surface area contributed by atoms with Crippen molar-refractivity contribution < 1.29 is 14.0 Å². The average molecular weight is 439 g/mol. The van der Waals surface area contributed by atoms with Crippen LogP contribution in [0.25, 0.3) is 0 Å². The van der Waals surface area contributed by atoms with Crippen molar-refractivity contribution in [3.63, 3.8) is 0 Å². The van der Waals surface area contributed by atoms with Crippen LogP contribution in [0.5, 0.6) is 0 Å². The van der Waals surface area contributed by atoms with Crippen molar-refractivity contribution in [3.05, 3.63) is 47.5 Å². The molecule has 2 aromatic rings. The van der Waals surface area contributed by atoms with Gasteiger partial charge in [-0.1, -0.05) is 24.3 Å². The Morgan fingerprint density at radius 3 is 2.69 bits per heavy atom. The Morgan fingerprint density at radius 1 is 1.31 bits per heavy atom. The molecule has 168 valence electrons. The van der Waals surface area contributed by atoms with Crippen LogP contribution >= 0.6 is 0 Å². The number of nitrogens with zero attached hydrogens (tertiary/aromatic N) is 6. The van der Waals surface area contributed by atoms with Gasteiger partial charge in [-0.3, -0.25) is 9.59 Å². The zero-order valence-corrected chi connectivity index (χ0v) is 18.3. The first-order valence-corrected chi connectivity index (χ1v) is 11.0. The quantitative estimate of drug-likeness (QED) is 0.661. The van der Waals surface area contributed by atoms with Crippen LogP contribution in [0.3, 0.4) is 0 Å². The van der Waals surface area contributed by atoms with E-state index >= 15 is 0 Å². The van der Waals surface area contributed by atoms with Crippen molar-refractivity contribution in [1.82, 2.24) is 24.8 Å². The van der Waals surface area contributed by atoms with Crippen molar-refractivity contribution in [1.29, 1.82) is 5.26 Å². The Labute approximate surface area is 186 Å². The van der Waals surface area contributed by atoms with Gasteiger partial charge in [-0.05, 0) is 42.9 Å². The highest BCUT2D eigenvalue weighted by Gasteiger charge is 2.35. The van der Waals surface area contributed by atoms with E-state index < -0.39 is 12.1 Å². The molecule has 1 aromatic carbocycles. The molecule has 9 heteroatoms. The third-order valence-corrected chi connectivity index (χ3v) is 6.20. The van der Waals surface area contributed by atoms with E-state index in [1.54, 1.807) is 35.0 Å². The average Bonchev–Trinajstić information content (AvgIpc) is 3.38. The summed E-state index contributed by atoms with van der Waals surface area (Å²) < 4.78 is 14.9. The van der Waals surface area contributed by atoms with Gasteiger partial charge in [0.15, 0.2) is 0 Å². The summed E-state index contributed by atoms with van der Waals surface area (Å²) in [6, 6.07) is 7.02. The van der Waals surface area contributed by atoms with Gasteiger partial charge >= 0.3 is 0 Å². The van der Waals surface area contributed by atoms with Crippen LogP contribution in [0.2, 0.25) is 0 Å². The molecular formula is C23H27FN6O2. The fraction of sp³-hybridized carbons (Fsp3) is 0.522. The topological polar surface area (TPSA) is 95.1 Å². The summed E-state index contributed by atoms with van der Waals surface area (Å²) in [4.78, 5) is 29.2. The van der Waals surface area contributed by atoms with Gasteiger partial charge in [0.25, 0.3) is 0 Å². The lowest BCUT2D eigenvalue weighted by Gasteiger charge is -2.26. The van der Waals surface area contributed by atoms with Gasteiger partial charge in [0, 0.05) is 32.1 Å². The molecular weight excluding hydrogens is 411 g/mol. The molecule has 32 heavy (non-hydrogen) atoms. The summed E-state index contributed by atoms with van der Waals surface area (Å²) in [6.45, 7) is 2.41. The molecule has 2 heterocycles. The summed E-state index contributed by atoms with van der Waals surface area (Å²) >= 11 is 0. The molecule has 0 spiro atoms. The number of amides is 2. The van der Waals surface area contributed by atoms with Crippen LogP contribution in [0.15, 0.2) is 30.5 Å². The first-order chi connectivity index (χ1) is 15.4. The predicted molar refractivity (Wildman–Crippen MR) is 114 cm³/mol. The predicted octanol–water partition coefficient (Wildman–Crippen LogP) is 2.30. The van der Waals surface area contributed by atoms with Gasteiger partial charge in [0.1, 0.15) is 17.9 Å². The third-order valence-electron chi connectivity index (χ3n) is 6.20. The molecule has 1 aliphatic carbocycles. The molecule has 1 saturated carbocycles. The Balaban J connectivity index is 1.51. The normalized spacial score (nSPS) is 21.2. The number of hydrogen-bond donors (Lipinski definition) is 0. The minimum atomic E-state index is -0.706. The summed E-state index contributed by atoms with van der Waals surface area (Å²) in [7, 11) is 1.58. The molecule has 0 N–H and O–H groups in total. The molecule has 1 aromatic heterocycles. The highest BCUT2D eigenvalue weighted by atomic mass is 19.1. The summed E-state index contributed by atoms with van der Waals surface area (Å²) in [5.74, 6) is -0.218. The van der Waals surface area contributed by atoms with E-state index in [1.165, 1.54) is 17.0 Å². The largest absolute Gasteiger partial charge is 0.335 e. The lowest BCUT2D eigenvalue weighted by Crippen LogP contribution is -2.45. The Kier molecular flexibility index (Phi) is 6.21. The number of hydrogen-bond acceptors (Lipinski definition) is 5. The van der Waals surface area contributed by atoms with E-state index in [0.717, 1.165) is 24.1 Å². The first kappa shape index (κ1) is 21.9. The van der Waals surface area contributed by atoms with Gasteiger partial charge in [-0.2, -0.15) is 5.26 Å². The number of benzene rings is 1. The lowest BCUT2D eigenvalue weighted by atomic mass is 10.0. The van der Waals surface area contributed by atoms with E-state index in [2.05, 4.69) is 16.4 Å². The van der Waals surface area contributed by atoms with Gasteiger partial charge in [0.2, 0.25) is 11.8 Å². The number of carbonyl (C=O) groups excluding carboxylic acids is 2. The second kappa shape index (κ2) is 9.07. The lowest BCUT2D eigenvalue weighted by molar-refractivity contribution is -0.141. The minimum Gasteiger partial charge on any atom is -0.335 e. The van der Waals surface area contributed by atoms with Gasteiger partial charge < -0.3 is 9.80 Å². The Morgan fingerprint density at radius 2 is 2.03 bits per heavy atom. The van der Waals surface area contributed by atoms with Crippen LogP contribution in [0, 0.1) is 23.1 Å². The molecule has 2 fully saturated rings. The molecule has 2 amide bonds. The SMILES string of the molecule is CC1CC(C#N)N(C(=O)CN(C)C(=O)C(Cc2ccc(F)cc2)n2cc(C3CC3)nn2)C1. The molecule has 1 aliphatic heterocycles. The molecule has 1 saturated heterocycles. The summed E-state index contributed by atoms with van der Waals surface area (Å²) in [6.07, 6.45) is 4.88. The minimum absolute atomic E-state index is 0.117. The van der Waals surface area contributed by atoms with Gasteiger partial charge in [-0.15, -0.1) is 5.10 Å². The molecule has 4 rings (SSSR count). The van der Waals surface area contributed by atoms with Crippen molar-refractivity contribution in [3.8, 4) is 6.07 Å². The molecule has 2 aliphatic rings. The number of halogens is 1. The number of carbonyl (C=O) groups is 2. The van der Waals surface area contributed by atoms with E-state index in [1.807, 2.05) is 6.92 Å². The maximum Gasteiger partial charge on any atom is 0.248 e. The maximum absolute atomic E-state index is 13.4. The van der Waals surface area contributed by atoms with Gasteiger partial charge in [-0.25, -0.2) is 9.07 Å². The second-order valence-electron chi connectivity index (χ2n) is 8.97. The van der Waals surface area contributed by atoms with Crippen molar-refractivity contribution >= 4 is 11.8 Å². The van der Waals surface area contributed by atoms with E-state index in [-0.39, 0.29) is 30.1 Å². The fourth-order valence-electron chi connectivity index (χ4n) is 4.22. The smallest absolute Gasteiger partial charge is 0.248 e. The van der Waals surface area contributed by atoms with E-state index in [9.17, 15) is 19.2 Å². The number of rotatable bonds is 7. The van der Waals surface area contributed by atoms with Crippen LogP contribution < -0.4 is 0 Å². The van der Waals surface area contributed by atoms with Crippen LogP contribution in [-0.2, 0) is 16.0 Å². The Bertz CT molecular complexity index is 1030. The van der Waals surface area contributed by atoms with Crippen LogP contribution in [-0.4, -0.2) is 62.8 Å². The molecule has 3 unspecified atom stereocenters. The third kappa shape index (κ3) is 4.79. The van der Waals surface area contributed by atoms with Crippen molar-refractivity contribution in [2.24, 2.45) is 5.92 Å². The number of likely N-dealkylation sites (N-methyl/N-ethyl adjacent to an activating group) is 1. The molecule has 3 atom stereocenters. The van der Waals surface area contributed by atoms with E-state index in [0.29, 0.717) is 25.3 Å². The number of likely N-dealkylation sites (tertiary alicyclic amines) is 1. The summed E-state index contributed by atoms with van der Waals surface area (Å²) in [5, 5.41) is 17.8. The van der Waals surface area contributed by atoms with Gasteiger partial charge in [0.05, 0.1) is 18.3 Å². The number of aromatic nitrogens is 3. The first-order valence-electron chi connectivity index (χ1n) is 11.0. The van der Waals surface area contributed by atoms with Crippen LogP contribution in [0.1, 0.15) is 49.4 Å². The fourth-order valence-corrected chi connectivity index (χ4v) is 4.22. The standard InChI is InChI=1S/C23H27FN6O2/c1-15-9-19(11-25)29(12-15)22(31)14-28(2)23(32)21(10-16-3-7-18(24)8-4-16)30-13-20(26-27-30)17-5-6-17/h3-4,7-8,13,15,17,19,21H,5-6,9-10,12,14H2,1-2H3. The monoisotopic (exact) mass is 438 g/mol. The molecule has 0 radical (unpaired) electrons. The second-order valence-corrected chi connectivity index (χ2v) is 8.97.